The number of carboxylic acid groups (broad SMARTS) is 1. The van der Waals surface area contributed by atoms with Crippen LogP contribution < -0.4 is 4.87 Å². The van der Waals surface area contributed by atoms with Crippen LogP contribution in [-0.2, 0) is 11.3 Å². The molecule has 0 saturated carbocycles. The van der Waals surface area contributed by atoms with Crippen molar-refractivity contribution >= 4 is 28.6 Å². The highest BCUT2D eigenvalue weighted by Gasteiger charge is 2.10. The van der Waals surface area contributed by atoms with Gasteiger partial charge in [0.15, 0.2) is 0 Å². The molecule has 0 radical (unpaired) electrons. The predicted octanol–water partition coefficient (Wildman–Crippen LogP) is 2.11. The van der Waals surface area contributed by atoms with E-state index >= 15 is 0 Å². The zero-order chi connectivity index (χ0) is 11.5. The van der Waals surface area contributed by atoms with Crippen molar-refractivity contribution in [3.8, 4) is 10.6 Å². The molecule has 0 atom stereocenters. The highest BCUT2D eigenvalue weighted by atomic mass is 32.1. The van der Waals surface area contributed by atoms with Crippen molar-refractivity contribution in [2.24, 2.45) is 0 Å². The van der Waals surface area contributed by atoms with Gasteiger partial charge in [0, 0.05) is 11.9 Å². The van der Waals surface area contributed by atoms with Crippen LogP contribution in [0.4, 0.5) is 0 Å². The van der Waals surface area contributed by atoms with Gasteiger partial charge in [0.2, 0.25) is 0 Å². The number of hydrogen-bond acceptors (Lipinski definition) is 4. The van der Waals surface area contributed by atoms with Gasteiger partial charge in [0.25, 0.3) is 0 Å². The lowest BCUT2D eigenvalue weighted by Crippen LogP contribution is -2.16. The fourth-order valence-corrected chi connectivity index (χ4v) is 2.98. The molecule has 0 aliphatic rings. The van der Waals surface area contributed by atoms with E-state index in [0.717, 1.165) is 21.9 Å². The minimum Gasteiger partial charge on any atom is -0.481 e. The second-order valence-corrected chi connectivity index (χ2v) is 4.93. The number of aromatic nitrogens is 1. The van der Waals surface area contributed by atoms with Crippen LogP contribution in [0.5, 0.6) is 0 Å². The van der Waals surface area contributed by atoms with Gasteiger partial charge in [0.05, 0.1) is 17.0 Å². The number of carboxylic acids is 1. The lowest BCUT2D eigenvalue weighted by atomic mass is 10.3. The van der Waals surface area contributed by atoms with Gasteiger partial charge in [0.1, 0.15) is 0 Å². The van der Waals surface area contributed by atoms with Crippen LogP contribution in [-0.4, -0.2) is 15.6 Å². The second-order valence-electron chi connectivity index (χ2n) is 3.16. The number of carbonyl (C=O) groups is 1. The van der Waals surface area contributed by atoms with Gasteiger partial charge in [-0.1, -0.05) is 17.4 Å². The van der Waals surface area contributed by atoms with Gasteiger partial charge in [-0.15, -0.1) is 11.3 Å². The zero-order valence-electron chi connectivity index (χ0n) is 8.25. The third-order valence-electron chi connectivity index (χ3n) is 2.11. The van der Waals surface area contributed by atoms with Crippen LogP contribution >= 0.6 is 22.7 Å². The van der Waals surface area contributed by atoms with Crippen LogP contribution in [0.15, 0.2) is 27.7 Å². The van der Waals surface area contributed by atoms with Crippen molar-refractivity contribution < 1.29 is 9.90 Å². The quantitative estimate of drug-likeness (QED) is 0.910. The van der Waals surface area contributed by atoms with Gasteiger partial charge < -0.3 is 5.11 Å². The van der Waals surface area contributed by atoms with Crippen molar-refractivity contribution in [1.82, 2.24) is 4.57 Å². The number of rotatable bonds is 4. The standard InChI is InChI=1S/C10H9NO3S2/c12-9(13)3-4-11-7(6-16-10(11)14)8-2-1-5-15-8/h1-2,5-6H,3-4H2,(H,12,13). The predicted molar refractivity (Wildman–Crippen MR) is 64.1 cm³/mol. The van der Waals surface area contributed by atoms with Crippen LogP contribution in [0.3, 0.4) is 0 Å². The molecule has 0 fully saturated rings. The largest absolute Gasteiger partial charge is 0.481 e. The first-order valence-corrected chi connectivity index (χ1v) is 6.38. The Morgan fingerprint density at radius 2 is 2.25 bits per heavy atom. The number of aliphatic carboxylic acids is 1. The maximum atomic E-state index is 11.5. The first kappa shape index (κ1) is 11.1. The smallest absolute Gasteiger partial charge is 0.307 e. The van der Waals surface area contributed by atoms with Crippen LogP contribution in [0, 0.1) is 0 Å². The second kappa shape index (κ2) is 4.63. The van der Waals surface area contributed by atoms with E-state index in [9.17, 15) is 9.59 Å². The normalized spacial score (nSPS) is 10.5. The van der Waals surface area contributed by atoms with E-state index < -0.39 is 5.97 Å². The Labute approximate surface area is 99.4 Å². The molecule has 0 aliphatic carbocycles. The number of nitrogens with zero attached hydrogens (tertiary/aromatic N) is 1. The molecule has 6 heteroatoms. The summed E-state index contributed by atoms with van der Waals surface area (Å²) >= 11 is 2.64. The Morgan fingerprint density at radius 1 is 1.44 bits per heavy atom. The summed E-state index contributed by atoms with van der Waals surface area (Å²) in [5, 5.41) is 12.3. The molecule has 0 saturated heterocycles. The van der Waals surface area contributed by atoms with E-state index in [1.54, 1.807) is 5.38 Å². The molecule has 1 N–H and O–H groups in total. The monoisotopic (exact) mass is 255 g/mol. The van der Waals surface area contributed by atoms with E-state index in [1.165, 1.54) is 15.9 Å². The molecule has 4 nitrogen and oxygen atoms in total. The molecule has 0 spiro atoms. The van der Waals surface area contributed by atoms with Gasteiger partial charge in [-0.25, -0.2) is 0 Å². The SMILES string of the molecule is O=C(O)CCn1c(-c2cccs2)csc1=O. The zero-order valence-corrected chi connectivity index (χ0v) is 9.88. The summed E-state index contributed by atoms with van der Waals surface area (Å²) in [6.07, 6.45) is -0.0327. The fraction of sp³-hybridized carbons (Fsp3) is 0.200. The van der Waals surface area contributed by atoms with Gasteiger partial charge in [-0.05, 0) is 11.4 Å². The molecule has 0 amide bonds. The highest BCUT2D eigenvalue weighted by Crippen LogP contribution is 2.25. The molecule has 84 valence electrons. The van der Waals surface area contributed by atoms with Crippen LogP contribution in [0.25, 0.3) is 10.6 Å². The maximum absolute atomic E-state index is 11.5. The van der Waals surface area contributed by atoms with Crippen LogP contribution in [0.2, 0.25) is 0 Å². The Balaban J connectivity index is 2.33. The Morgan fingerprint density at radius 3 is 2.88 bits per heavy atom. The van der Waals surface area contributed by atoms with Crippen molar-refractivity contribution in [3.05, 3.63) is 32.6 Å². The van der Waals surface area contributed by atoms with Gasteiger partial charge >= 0.3 is 10.8 Å². The Hall–Kier alpha value is -1.40. The van der Waals surface area contributed by atoms with Crippen molar-refractivity contribution in [1.29, 1.82) is 0 Å². The third kappa shape index (κ3) is 2.23. The summed E-state index contributed by atoms with van der Waals surface area (Å²) in [5.41, 5.74) is 0.811. The van der Waals surface area contributed by atoms with E-state index in [1.807, 2.05) is 17.5 Å². The van der Waals surface area contributed by atoms with Gasteiger partial charge in [-0.3, -0.25) is 14.2 Å². The van der Waals surface area contributed by atoms with Crippen molar-refractivity contribution in [2.45, 2.75) is 13.0 Å². The van der Waals surface area contributed by atoms with E-state index in [4.69, 9.17) is 5.11 Å². The van der Waals surface area contributed by atoms with Crippen LogP contribution in [0.1, 0.15) is 6.42 Å². The number of thiazole rings is 1. The summed E-state index contributed by atoms with van der Waals surface area (Å²) in [5.74, 6) is -0.893. The molecule has 2 rings (SSSR count). The number of hydrogen-bond donors (Lipinski definition) is 1. The summed E-state index contributed by atoms with van der Waals surface area (Å²) in [4.78, 5) is 22.9. The minimum atomic E-state index is -0.893. The molecule has 2 aromatic rings. The first-order valence-electron chi connectivity index (χ1n) is 4.62. The molecule has 0 aliphatic heterocycles. The summed E-state index contributed by atoms with van der Waals surface area (Å²) in [6, 6.07) is 3.83. The lowest BCUT2D eigenvalue weighted by molar-refractivity contribution is -0.137. The lowest BCUT2D eigenvalue weighted by Gasteiger charge is -2.03. The Kier molecular flexibility index (Phi) is 3.21. The van der Waals surface area contributed by atoms with Gasteiger partial charge in [-0.2, -0.15) is 0 Å². The average Bonchev–Trinajstić information content (AvgIpc) is 2.83. The van der Waals surface area contributed by atoms with Crippen molar-refractivity contribution in [2.75, 3.05) is 0 Å². The topological polar surface area (TPSA) is 59.3 Å². The van der Waals surface area contributed by atoms with E-state index in [-0.39, 0.29) is 17.8 Å². The molecular weight excluding hydrogens is 246 g/mol. The maximum Gasteiger partial charge on any atom is 0.307 e. The highest BCUT2D eigenvalue weighted by molar-refractivity contribution is 7.14. The Bertz CT molecular complexity index is 539. The molecule has 16 heavy (non-hydrogen) atoms. The molecule has 2 aromatic heterocycles. The van der Waals surface area contributed by atoms with Crippen molar-refractivity contribution in [3.63, 3.8) is 0 Å². The summed E-state index contributed by atoms with van der Waals surface area (Å²) in [6.45, 7) is 0.227. The minimum absolute atomic E-state index is 0.0327. The molecule has 0 unspecified atom stereocenters. The molecule has 0 aromatic carbocycles. The average molecular weight is 255 g/mol. The van der Waals surface area contributed by atoms with E-state index in [0.29, 0.717) is 0 Å². The molecule has 2 heterocycles. The van der Waals surface area contributed by atoms with E-state index in [2.05, 4.69) is 0 Å². The summed E-state index contributed by atoms with van der Waals surface area (Å²) in [7, 11) is 0. The first-order chi connectivity index (χ1) is 7.68. The number of thiophene rings is 1. The molecular formula is C10H9NO3S2. The summed E-state index contributed by atoms with van der Waals surface area (Å²) < 4.78 is 1.52. The molecule has 0 bridgehead atoms. The fourth-order valence-electron chi connectivity index (χ4n) is 1.37. The third-order valence-corrected chi connectivity index (χ3v) is 3.76.